The van der Waals surface area contributed by atoms with Crippen molar-refractivity contribution in [1.82, 2.24) is 15.1 Å². The third kappa shape index (κ3) is 4.84. The van der Waals surface area contributed by atoms with Crippen molar-refractivity contribution in [3.05, 3.63) is 59.4 Å². The molecule has 2 N–H and O–H groups in total. The minimum Gasteiger partial charge on any atom is -0.492 e. The van der Waals surface area contributed by atoms with E-state index in [9.17, 15) is 0 Å². The van der Waals surface area contributed by atoms with E-state index in [1.54, 1.807) is 6.07 Å². The number of hydrogen-bond acceptors (Lipinski definition) is 6. The molecule has 2 unspecified atom stereocenters. The Morgan fingerprint density at radius 3 is 2.60 bits per heavy atom. The third-order valence-electron chi connectivity index (χ3n) is 7.75. The minimum absolute atomic E-state index is 0.00661. The van der Waals surface area contributed by atoms with Gasteiger partial charge in [-0.25, -0.2) is 4.39 Å². The van der Waals surface area contributed by atoms with E-state index in [0.717, 1.165) is 55.4 Å². The average Bonchev–Trinajstić information content (AvgIpc) is 3.43. The predicted molar refractivity (Wildman–Crippen MR) is 142 cm³/mol. The maximum absolute atomic E-state index is 15.1. The van der Waals surface area contributed by atoms with Crippen LogP contribution in [0.25, 0.3) is 5.70 Å². The van der Waals surface area contributed by atoms with Crippen LogP contribution in [0.3, 0.4) is 0 Å². The quantitative estimate of drug-likeness (QED) is 0.585. The zero-order valence-electron chi connectivity index (χ0n) is 21.4. The Morgan fingerprint density at radius 1 is 1.14 bits per heavy atom. The van der Waals surface area contributed by atoms with Crippen molar-refractivity contribution in [2.45, 2.75) is 18.9 Å². The van der Waals surface area contributed by atoms with Crippen molar-refractivity contribution in [2.75, 3.05) is 77.7 Å². The molecule has 5 rings (SSSR count). The number of hydrogen-bond donors (Lipinski definition) is 2. The van der Waals surface area contributed by atoms with Crippen LogP contribution in [0, 0.1) is 11.2 Å². The molecule has 0 saturated carbocycles. The number of benzene rings is 2. The van der Waals surface area contributed by atoms with E-state index in [1.165, 1.54) is 18.4 Å². The Morgan fingerprint density at radius 2 is 1.91 bits per heavy atom. The summed E-state index contributed by atoms with van der Waals surface area (Å²) in [7, 11) is 7.91. The zero-order chi connectivity index (χ0) is 24.6. The molecular formula is C28H38FN5O. The van der Waals surface area contributed by atoms with Gasteiger partial charge in [0.15, 0.2) is 0 Å². The Balaban J connectivity index is 1.46. The number of likely N-dealkylation sites (tertiary alicyclic amines) is 2. The number of ether oxygens (including phenoxy) is 1. The third-order valence-corrected chi connectivity index (χ3v) is 7.75. The Bertz CT molecular complexity index is 1090. The molecule has 35 heavy (non-hydrogen) atoms. The van der Waals surface area contributed by atoms with Gasteiger partial charge in [-0.3, -0.25) is 0 Å². The van der Waals surface area contributed by atoms with Crippen LogP contribution in [0.15, 0.2) is 42.5 Å². The van der Waals surface area contributed by atoms with Gasteiger partial charge in [0.05, 0.1) is 11.7 Å². The van der Waals surface area contributed by atoms with Crippen LogP contribution in [0.1, 0.15) is 30.0 Å². The standard InChI is InChI=1S/C28H38FN5O/c1-30-11-14-35-21-7-5-20(6-8-21)24-16-26(34-13-10-28(19-34)9-12-33(4)18-28)22-15-23(29)27(32(2)3)17-25(22)31-24/h5-8,15-17,24,30-31H,9-14,18-19H2,1-4H3. The molecular weight excluding hydrogens is 441 g/mol. The van der Waals surface area contributed by atoms with Crippen molar-refractivity contribution in [3.8, 4) is 5.75 Å². The number of fused-ring (bicyclic) bond motifs is 1. The molecule has 2 atom stereocenters. The highest BCUT2D eigenvalue weighted by molar-refractivity contribution is 5.82. The number of nitrogens with zero attached hydrogens (tertiary/aromatic N) is 3. The summed E-state index contributed by atoms with van der Waals surface area (Å²) >= 11 is 0. The molecule has 3 heterocycles. The van der Waals surface area contributed by atoms with Crippen LogP contribution in [-0.4, -0.2) is 77.3 Å². The Labute approximate surface area is 208 Å². The smallest absolute Gasteiger partial charge is 0.147 e. The van der Waals surface area contributed by atoms with E-state index in [0.29, 0.717) is 17.7 Å². The summed E-state index contributed by atoms with van der Waals surface area (Å²) in [4.78, 5) is 6.77. The van der Waals surface area contributed by atoms with E-state index in [-0.39, 0.29) is 11.9 Å². The summed E-state index contributed by atoms with van der Waals surface area (Å²) in [5.41, 5.74) is 5.20. The highest BCUT2D eigenvalue weighted by Gasteiger charge is 2.43. The fourth-order valence-corrected chi connectivity index (χ4v) is 5.82. The number of likely N-dealkylation sites (N-methyl/N-ethyl adjacent to an activating group) is 1. The second-order valence-electron chi connectivity index (χ2n) is 10.6. The summed E-state index contributed by atoms with van der Waals surface area (Å²) in [5.74, 6) is 0.686. The normalized spacial score (nSPS) is 23.9. The van der Waals surface area contributed by atoms with Gasteiger partial charge in [0.1, 0.15) is 18.2 Å². The van der Waals surface area contributed by atoms with Crippen molar-refractivity contribution in [1.29, 1.82) is 0 Å². The van der Waals surface area contributed by atoms with Gasteiger partial charge in [0.2, 0.25) is 0 Å². The lowest BCUT2D eigenvalue weighted by atomic mass is 9.86. The second-order valence-corrected chi connectivity index (χ2v) is 10.6. The number of rotatable bonds is 7. The molecule has 0 aromatic heterocycles. The monoisotopic (exact) mass is 479 g/mol. The van der Waals surface area contributed by atoms with Crippen LogP contribution < -0.4 is 20.3 Å². The molecule has 188 valence electrons. The molecule has 2 aromatic carbocycles. The fourth-order valence-electron chi connectivity index (χ4n) is 5.82. The zero-order valence-corrected chi connectivity index (χ0v) is 21.4. The molecule has 7 heteroatoms. The number of halogens is 1. The topological polar surface area (TPSA) is 43.0 Å². The van der Waals surface area contributed by atoms with E-state index in [1.807, 2.05) is 44.2 Å². The van der Waals surface area contributed by atoms with Gasteiger partial charge >= 0.3 is 0 Å². The molecule has 2 aromatic rings. The summed E-state index contributed by atoms with van der Waals surface area (Å²) in [6, 6.07) is 12.0. The first-order valence-corrected chi connectivity index (χ1v) is 12.7. The van der Waals surface area contributed by atoms with Crippen LogP contribution in [0.5, 0.6) is 5.75 Å². The van der Waals surface area contributed by atoms with Gasteiger partial charge < -0.3 is 30.1 Å². The van der Waals surface area contributed by atoms with Crippen molar-refractivity contribution in [2.24, 2.45) is 5.41 Å². The molecule has 1 spiro atoms. The van der Waals surface area contributed by atoms with Crippen LogP contribution >= 0.6 is 0 Å². The average molecular weight is 480 g/mol. The van der Waals surface area contributed by atoms with Crippen LogP contribution in [-0.2, 0) is 0 Å². The summed E-state index contributed by atoms with van der Waals surface area (Å²) in [6.07, 6.45) is 4.72. The summed E-state index contributed by atoms with van der Waals surface area (Å²) in [5, 5.41) is 6.77. The first kappa shape index (κ1) is 23.9. The van der Waals surface area contributed by atoms with Gasteiger partial charge in [-0.1, -0.05) is 12.1 Å². The molecule has 0 aliphatic carbocycles. The highest BCUT2D eigenvalue weighted by Crippen LogP contribution is 2.46. The Kier molecular flexibility index (Phi) is 6.64. The lowest BCUT2D eigenvalue weighted by Crippen LogP contribution is -2.30. The first-order chi connectivity index (χ1) is 16.9. The van der Waals surface area contributed by atoms with Crippen LogP contribution in [0.2, 0.25) is 0 Å². The molecule has 0 radical (unpaired) electrons. The summed E-state index contributed by atoms with van der Waals surface area (Å²) < 4.78 is 20.9. The predicted octanol–water partition coefficient (Wildman–Crippen LogP) is 4.03. The van der Waals surface area contributed by atoms with Gasteiger partial charge in [0, 0.05) is 62.6 Å². The molecule has 2 fully saturated rings. The maximum atomic E-state index is 15.1. The minimum atomic E-state index is -0.183. The summed E-state index contributed by atoms with van der Waals surface area (Å²) in [6.45, 7) is 5.81. The van der Waals surface area contributed by atoms with E-state index in [4.69, 9.17) is 4.74 Å². The molecule has 0 bridgehead atoms. The second kappa shape index (κ2) is 9.70. The fraction of sp³-hybridized carbons (Fsp3) is 0.500. The lowest BCUT2D eigenvalue weighted by molar-refractivity contribution is 0.289. The molecule has 0 amide bonds. The van der Waals surface area contributed by atoms with Gasteiger partial charge in [-0.2, -0.15) is 0 Å². The highest BCUT2D eigenvalue weighted by atomic mass is 19.1. The van der Waals surface area contributed by atoms with E-state index >= 15 is 4.39 Å². The van der Waals surface area contributed by atoms with E-state index in [2.05, 4.69) is 45.7 Å². The van der Waals surface area contributed by atoms with Gasteiger partial charge in [-0.05, 0) is 69.4 Å². The number of anilines is 2. The van der Waals surface area contributed by atoms with Crippen molar-refractivity contribution >= 4 is 17.1 Å². The van der Waals surface area contributed by atoms with Gasteiger partial charge in [-0.15, -0.1) is 0 Å². The molecule has 3 aliphatic rings. The van der Waals surface area contributed by atoms with Crippen molar-refractivity contribution in [3.63, 3.8) is 0 Å². The van der Waals surface area contributed by atoms with Crippen molar-refractivity contribution < 1.29 is 9.13 Å². The lowest BCUT2D eigenvalue weighted by Gasteiger charge is -2.34. The Hall–Kier alpha value is -2.77. The van der Waals surface area contributed by atoms with Gasteiger partial charge in [0.25, 0.3) is 0 Å². The maximum Gasteiger partial charge on any atom is 0.147 e. The molecule has 3 aliphatic heterocycles. The van der Waals surface area contributed by atoms with Crippen LogP contribution in [0.4, 0.5) is 15.8 Å². The SMILES string of the molecule is CNCCOc1ccc(C2C=C(N3CCC4(CCN(C)C4)C3)c3cc(F)c(N(C)C)cc3N2)cc1. The number of nitrogens with one attached hydrogen (secondary N) is 2. The molecule has 2 saturated heterocycles. The van der Waals surface area contributed by atoms with E-state index < -0.39 is 0 Å². The molecule has 6 nitrogen and oxygen atoms in total. The first-order valence-electron chi connectivity index (χ1n) is 12.7. The largest absolute Gasteiger partial charge is 0.492 e.